The van der Waals surface area contributed by atoms with E-state index in [9.17, 15) is 14.4 Å². The molecule has 0 N–H and O–H groups in total. The number of amides is 2. The molecule has 2 unspecified atom stereocenters. The van der Waals surface area contributed by atoms with Crippen molar-refractivity contribution < 1.29 is 19.2 Å². The van der Waals surface area contributed by atoms with Gasteiger partial charge in [-0.3, -0.25) is 9.59 Å². The summed E-state index contributed by atoms with van der Waals surface area (Å²) in [5.41, 5.74) is 4.38. The highest BCUT2D eigenvalue weighted by molar-refractivity contribution is 6.07. The van der Waals surface area contributed by atoms with Crippen molar-refractivity contribution >= 4 is 17.8 Å². The van der Waals surface area contributed by atoms with Crippen molar-refractivity contribution in [2.75, 3.05) is 0 Å². The van der Waals surface area contributed by atoms with Gasteiger partial charge in [-0.2, -0.15) is 0 Å². The second kappa shape index (κ2) is 4.79. The van der Waals surface area contributed by atoms with Crippen LogP contribution >= 0.6 is 0 Å². The molecule has 4 aliphatic rings. The van der Waals surface area contributed by atoms with Crippen molar-refractivity contribution in [3.8, 4) is 0 Å². The van der Waals surface area contributed by atoms with Gasteiger partial charge in [0.25, 0.3) is 11.8 Å². The first-order valence-corrected chi connectivity index (χ1v) is 8.33. The summed E-state index contributed by atoms with van der Waals surface area (Å²) in [4.78, 5) is 42.1. The van der Waals surface area contributed by atoms with Crippen molar-refractivity contribution in [2.45, 2.75) is 18.8 Å². The molecular weight excluding hydrogens is 318 g/mol. The molecule has 1 aliphatic heterocycles. The van der Waals surface area contributed by atoms with Gasteiger partial charge < -0.3 is 4.84 Å². The zero-order chi connectivity index (χ0) is 17.3. The van der Waals surface area contributed by atoms with E-state index in [-0.39, 0.29) is 11.8 Å². The number of hydroxylamine groups is 2. The molecule has 0 saturated carbocycles. The molecule has 2 aromatic carbocycles. The van der Waals surface area contributed by atoms with E-state index >= 15 is 0 Å². The first kappa shape index (κ1) is 14.4. The van der Waals surface area contributed by atoms with Crippen LogP contribution in [-0.4, -0.2) is 22.8 Å². The maximum atomic E-state index is 12.9. The maximum Gasteiger partial charge on any atom is 0.330 e. The Hall–Kier alpha value is -2.95. The second-order valence-electron chi connectivity index (χ2n) is 6.82. The van der Waals surface area contributed by atoms with Crippen LogP contribution in [-0.2, 0) is 19.2 Å². The van der Waals surface area contributed by atoms with Gasteiger partial charge in [-0.05, 0) is 22.3 Å². The minimum atomic E-state index is -0.664. The van der Waals surface area contributed by atoms with Gasteiger partial charge in [-0.25, -0.2) is 4.79 Å². The fourth-order valence-corrected chi connectivity index (χ4v) is 4.87. The Bertz CT molecular complexity index is 835. The van der Waals surface area contributed by atoms with Gasteiger partial charge >= 0.3 is 5.97 Å². The molecule has 1 heterocycles. The molecule has 6 rings (SSSR count). The van der Waals surface area contributed by atoms with Gasteiger partial charge in [0, 0.05) is 18.8 Å². The zero-order valence-electron chi connectivity index (χ0n) is 13.5. The van der Waals surface area contributed by atoms with E-state index in [0.29, 0.717) is 5.06 Å². The van der Waals surface area contributed by atoms with Crippen molar-refractivity contribution in [1.29, 1.82) is 0 Å². The summed E-state index contributed by atoms with van der Waals surface area (Å²) in [5.74, 6) is -2.88. The number of benzene rings is 2. The summed E-state index contributed by atoms with van der Waals surface area (Å²) in [6, 6.07) is 16.0. The molecule has 0 aromatic heterocycles. The summed E-state index contributed by atoms with van der Waals surface area (Å²) in [5, 5.41) is 0.690. The SMILES string of the molecule is CC(=O)ON1C(=O)C2C3c4ccccc4C(c4ccccc43)C2C1=O. The second-order valence-corrected chi connectivity index (χ2v) is 6.82. The Balaban J connectivity index is 1.74. The number of carbonyl (C=O) groups excluding carboxylic acids is 3. The molecular formula is C20H15NO4. The average Bonchev–Trinajstić information content (AvgIpc) is 2.87. The predicted octanol–water partition coefficient (Wildman–Crippen LogP) is 2.36. The molecule has 2 aromatic rings. The van der Waals surface area contributed by atoms with Gasteiger partial charge in [0.2, 0.25) is 0 Å². The Kier molecular flexibility index (Phi) is 2.76. The number of imide groups is 1. The van der Waals surface area contributed by atoms with Crippen LogP contribution in [0.1, 0.15) is 41.0 Å². The van der Waals surface area contributed by atoms with E-state index < -0.39 is 29.6 Å². The normalized spacial score (nSPS) is 28.4. The van der Waals surface area contributed by atoms with Crippen LogP contribution in [0.4, 0.5) is 0 Å². The highest BCUT2D eigenvalue weighted by Crippen LogP contribution is 2.60. The number of hydrogen-bond donors (Lipinski definition) is 0. The van der Waals surface area contributed by atoms with Crippen LogP contribution in [0.25, 0.3) is 0 Å². The first-order valence-electron chi connectivity index (χ1n) is 8.33. The van der Waals surface area contributed by atoms with Gasteiger partial charge in [0.1, 0.15) is 0 Å². The number of hydrogen-bond acceptors (Lipinski definition) is 4. The molecule has 0 spiro atoms. The molecule has 1 fully saturated rings. The third kappa shape index (κ3) is 1.70. The van der Waals surface area contributed by atoms with Crippen LogP contribution in [0.15, 0.2) is 48.5 Å². The van der Waals surface area contributed by atoms with Crippen molar-refractivity contribution in [1.82, 2.24) is 5.06 Å². The van der Waals surface area contributed by atoms with E-state index in [1.54, 1.807) is 0 Å². The quantitative estimate of drug-likeness (QED) is 0.752. The Labute approximate surface area is 144 Å². The van der Waals surface area contributed by atoms with Gasteiger partial charge in [-0.15, -0.1) is 5.06 Å². The average molecular weight is 333 g/mol. The Morgan fingerprint density at radius 1 is 0.800 bits per heavy atom. The molecule has 0 radical (unpaired) electrons. The first-order chi connectivity index (χ1) is 12.1. The summed E-state index contributed by atoms with van der Waals surface area (Å²) in [6.45, 7) is 1.20. The molecule has 2 amide bonds. The lowest BCUT2D eigenvalue weighted by Gasteiger charge is -2.45. The smallest absolute Gasteiger partial charge is 0.330 e. The minimum absolute atomic E-state index is 0.181. The zero-order valence-corrected chi connectivity index (χ0v) is 13.5. The summed E-state index contributed by atoms with van der Waals surface area (Å²) in [6.07, 6.45) is 0. The lowest BCUT2D eigenvalue weighted by molar-refractivity contribution is -0.197. The molecule has 25 heavy (non-hydrogen) atoms. The third-order valence-electron chi connectivity index (χ3n) is 5.63. The predicted molar refractivity (Wildman–Crippen MR) is 87.2 cm³/mol. The summed E-state index contributed by atoms with van der Waals surface area (Å²) >= 11 is 0. The highest BCUT2D eigenvalue weighted by Gasteiger charge is 2.62. The minimum Gasteiger partial charge on any atom is -0.331 e. The van der Waals surface area contributed by atoms with E-state index in [1.807, 2.05) is 48.5 Å². The monoisotopic (exact) mass is 333 g/mol. The van der Waals surface area contributed by atoms with Crippen molar-refractivity contribution in [2.24, 2.45) is 11.8 Å². The van der Waals surface area contributed by atoms with E-state index in [0.717, 1.165) is 22.3 Å². The third-order valence-corrected chi connectivity index (χ3v) is 5.63. The van der Waals surface area contributed by atoms with Crippen molar-refractivity contribution in [3.05, 3.63) is 70.8 Å². The number of rotatable bonds is 1. The largest absolute Gasteiger partial charge is 0.331 e. The standard InChI is InChI=1S/C20H15NO4/c1-10(22)25-21-19(23)17-15-11-6-2-3-7-12(11)16(18(17)20(21)24)14-9-5-4-8-13(14)15/h2-9,15-18H,1H3. The molecule has 124 valence electrons. The Morgan fingerprint density at radius 2 is 1.16 bits per heavy atom. The van der Waals surface area contributed by atoms with Crippen LogP contribution < -0.4 is 0 Å². The molecule has 2 atom stereocenters. The Morgan fingerprint density at radius 3 is 1.48 bits per heavy atom. The summed E-state index contributed by atoms with van der Waals surface area (Å²) in [7, 11) is 0. The van der Waals surface area contributed by atoms with E-state index in [4.69, 9.17) is 4.84 Å². The summed E-state index contributed by atoms with van der Waals surface area (Å²) < 4.78 is 0. The van der Waals surface area contributed by atoms with Crippen LogP contribution in [0.2, 0.25) is 0 Å². The maximum absolute atomic E-state index is 12.9. The van der Waals surface area contributed by atoms with Crippen LogP contribution in [0.3, 0.4) is 0 Å². The van der Waals surface area contributed by atoms with Crippen LogP contribution in [0, 0.1) is 11.8 Å². The topological polar surface area (TPSA) is 63.7 Å². The van der Waals surface area contributed by atoms with E-state index in [1.165, 1.54) is 6.92 Å². The van der Waals surface area contributed by atoms with Gasteiger partial charge in [0.15, 0.2) is 0 Å². The molecule has 5 nitrogen and oxygen atoms in total. The van der Waals surface area contributed by atoms with Crippen LogP contribution in [0.5, 0.6) is 0 Å². The fourth-order valence-electron chi connectivity index (χ4n) is 4.87. The van der Waals surface area contributed by atoms with E-state index in [2.05, 4.69) is 0 Å². The number of nitrogens with zero attached hydrogens (tertiary/aromatic N) is 1. The highest BCUT2D eigenvalue weighted by atomic mass is 16.7. The molecule has 5 heteroatoms. The van der Waals surface area contributed by atoms with Crippen molar-refractivity contribution in [3.63, 3.8) is 0 Å². The van der Waals surface area contributed by atoms with Gasteiger partial charge in [-0.1, -0.05) is 48.5 Å². The fraction of sp³-hybridized carbons (Fsp3) is 0.250. The van der Waals surface area contributed by atoms with Gasteiger partial charge in [0.05, 0.1) is 11.8 Å². The lowest BCUT2D eigenvalue weighted by atomic mass is 9.55. The number of carbonyl (C=O) groups is 3. The molecule has 3 aliphatic carbocycles. The molecule has 1 saturated heterocycles. The molecule has 2 bridgehead atoms. The lowest BCUT2D eigenvalue weighted by Crippen LogP contribution is -2.41.